The fraction of sp³-hybridized carbons (Fsp3) is 0.133. The predicted octanol–water partition coefficient (Wildman–Crippen LogP) is 2.41. The molecular weight excluding hydrogens is 400 g/mol. The molecule has 0 aliphatic carbocycles. The smallest absolute Gasteiger partial charge is 0.337 e. The zero-order chi connectivity index (χ0) is 17.7. The van der Waals surface area contributed by atoms with Crippen molar-refractivity contribution in [3.05, 3.63) is 45.2 Å². The van der Waals surface area contributed by atoms with Crippen molar-refractivity contribution in [2.45, 2.75) is 0 Å². The van der Waals surface area contributed by atoms with Gasteiger partial charge in [-0.3, -0.25) is 9.59 Å². The average molecular weight is 413 g/mol. The highest BCUT2D eigenvalue weighted by Crippen LogP contribution is 2.27. The van der Waals surface area contributed by atoms with Crippen molar-refractivity contribution in [1.82, 2.24) is 0 Å². The highest BCUT2D eigenvalue weighted by molar-refractivity contribution is 9.10. The number of thiophene rings is 1. The van der Waals surface area contributed by atoms with Crippen LogP contribution in [0.2, 0.25) is 0 Å². The number of carbonyl (C=O) groups is 3. The zero-order valence-corrected chi connectivity index (χ0v) is 14.9. The first-order chi connectivity index (χ1) is 11.4. The highest BCUT2D eigenvalue weighted by atomic mass is 79.9. The quantitative estimate of drug-likeness (QED) is 0.708. The molecule has 0 unspecified atom stereocenters. The van der Waals surface area contributed by atoms with Gasteiger partial charge in [-0.25, -0.2) is 4.79 Å². The van der Waals surface area contributed by atoms with E-state index in [9.17, 15) is 14.4 Å². The molecule has 1 aromatic heterocycles. The van der Waals surface area contributed by atoms with Gasteiger partial charge >= 0.3 is 5.97 Å². The minimum absolute atomic E-state index is 0.247. The number of esters is 1. The maximum absolute atomic E-state index is 11.9. The molecule has 0 saturated carbocycles. The van der Waals surface area contributed by atoms with E-state index in [2.05, 4.69) is 26.0 Å². The average Bonchev–Trinajstić information content (AvgIpc) is 3.01. The Morgan fingerprint density at radius 2 is 2.04 bits per heavy atom. The van der Waals surface area contributed by atoms with Crippen molar-refractivity contribution in [1.29, 1.82) is 0 Å². The van der Waals surface area contributed by atoms with Gasteiger partial charge in [-0.2, -0.15) is 0 Å². The Labute approximate surface area is 149 Å². The number of primary amides is 1. The SMILES string of the molecule is COC(=O)c1ccc(OCC(=O)Nc2sccc2C(N)=O)c(Br)c1. The number of nitrogens with two attached hydrogens (primary N) is 1. The number of nitrogens with one attached hydrogen (secondary N) is 1. The van der Waals surface area contributed by atoms with Crippen LogP contribution in [-0.4, -0.2) is 31.5 Å². The first-order valence-corrected chi connectivity index (χ1v) is 8.27. The molecule has 3 N–H and O–H groups in total. The fourth-order valence-corrected chi connectivity index (χ4v) is 3.07. The number of anilines is 1. The van der Waals surface area contributed by atoms with E-state index in [4.69, 9.17) is 10.5 Å². The Morgan fingerprint density at radius 3 is 2.67 bits per heavy atom. The van der Waals surface area contributed by atoms with Crippen molar-refractivity contribution >= 4 is 50.1 Å². The van der Waals surface area contributed by atoms with Gasteiger partial charge < -0.3 is 20.5 Å². The summed E-state index contributed by atoms with van der Waals surface area (Å²) in [6.07, 6.45) is 0. The molecule has 9 heteroatoms. The topological polar surface area (TPSA) is 108 Å². The second kappa shape index (κ2) is 7.93. The van der Waals surface area contributed by atoms with Gasteiger partial charge in [0.2, 0.25) is 0 Å². The second-order valence-electron chi connectivity index (χ2n) is 4.50. The second-order valence-corrected chi connectivity index (χ2v) is 6.27. The Balaban J connectivity index is 1.98. The molecule has 0 aliphatic heterocycles. The molecule has 0 fully saturated rings. The molecule has 0 bridgehead atoms. The van der Waals surface area contributed by atoms with Gasteiger partial charge in [0.25, 0.3) is 11.8 Å². The van der Waals surface area contributed by atoms with Gasteiger partial charge in [-0.05, 0) is 45.6 Å². The first-order valence-electron chi connectivity index (χ1n) is 6.60. The van der Waals surface area contributed by atoms with Gasteiger partial charge in [-0.15, -0.1) is 11.3 Å². The third kappa shape index (κ3) is 4.33. The van der Waals surface area contributed by atoms with Gasteiger partial charge in [0.15, 0.2) is 6.61 Å². The van der Waals surface area contributed by atoms with E-state index in [1.165, 1.54) is 36.6 Å². The van der Waals surface area contributed by atoms with E-state index in [0.717, 1.165) is 0 Å². The van der Waals surface area contributed by atoms with Crippen LogP contribution in [-0.2, 0) is 9.53 Å². The van der Waals surface area contributed by atoms with E-state index >= 15 is 0 Å². The van der Waals surface area contributed by atoms with Gasteiger partial charge in [0, 0.05) is 0 Å². The summed E-state index contributed by atoms with van der Waals surface area (Å²) in [7, 11) is 1.29. The van der Waals surface area contributed by atoms with Crippen LogP contribution in [0, 0.1) is 0 Å². The van der Waals surface area contributed by atoms with Gasteiger partial charge in [-0.1, -0.05) is 0 Å². The molecule has 7 nitrogen and oxygen atoms in total. The number of halogens is 1. The number of hydrogen-bond acceptors (Lipinski definition) is 6. The van der Waals surface area contributed by atoms with Crippen LogP contribution in [0.5, 0.6) is 5.75 Å². The fourth-order valence-electron chi connectivity index (χ4n) is 1.77. The Bertz CT molecular complexity index is 790. The molecular formula is C15H13BrN2O5S. The van der Waals surface area contributed by atoms with Crippen molar-refractivity contribution in [2.24, 2.45) is 5.73 Å². The summed E-state index contributed by atoms with van der Waals surface area (Å²) in [6, 6.07) is 6.13. The third-order valence-corrected chi connectivity index (χ3v) is 4.34. The summed E-state index contributed by atoms with van der Waals surface area (Å²) in [5.74, 6) is -1.15. The van der Waals surface area contributed by atoms with Crippen LogP contribution in [0.15, 0.2) is 34.1 Å². The van der Waals surface area contributed by atoms with Crippen LogP contribution >= 0.6 is 27.3 Å². The summed E-state index contributed by atoms with van der Waals surface area (Å²) >= 11 is 4.45. The number of benzene rings is 1. The van der Waals surface area contributed by atoms with Crippen LogP contribution in [0.3, 0.4) is 0 Å². The number of hydrogen-bond donors (Lipinski definition) is 2. The summed E-state index contributed by atoms with van der Waals surface area (Å²) in [4.78, 5) is 34.5. The lowest BCUT2D eigenvalue weighted by Gasteiger charge is -2.09. The van der Waals surface area contributed by atoms with E-state index in [1.54, 1.807) is 11.4 Å². The van der Waals surface area contributed by atoms with Gasteiger partial charge in [0.05, 0.1) is 22.7 Å². The molecule has 0 radical (unpaired) electrons. The maximum atomic E-state index is 11.9. The molecule has 0 atom stereocenters. The molecule has 0 spiro atoms. The largest absolute Gasteiger partial charge is 0.483 e. The molecule has 0 saturated heterocycles. The number of ether oxygens (including phenoxy) is 2. The third-order valence-electron chi connectivity index (χ3n) is 2.90. The van der Waals surface area contributed by atoms with E-state index in [0.29, 0.717) is 20.8 Å². The van der Waals surface area contributed by atoms with E-state index in [1.807, 2.05) is 0 Å². The number of rotatable bonds is 6. The number of methoxy groups -OCH3 is 1. The van der Waals surface area contributed by atoms with Crippen molar-refractivity contribution in [3.8, 4) is 5.75 Å². The summed E-state index contributed by atoms with van der Waals surface area (Å²) < 4.78 is 10.5. The number of carbonyl (C=O) groups excluding carboxylic acids is 3. The lowest BCUT2D eigenvalue weighted by atomic mass is 10.2. The van der Waals surface area contributed by atoms with E-state index < -0.39 is 17.8 Å². The van der Waals surface area contributed by atoms with Gasteiger partial charge in [0.1, 0.15) is 10.8 Å². The molecule has 24 heavy (non-hydrogen) atoms. The molecule has 1 heterocycles. The predicted molar refractivity (Wildman–Crippen MR) is 92.4 cm³/mol. The first kappa shape index (κ1) is 18.0. The highest BCUT2D eigenvalue weighted by Gasteiger charge is 2.14. The monoisotopic (exact) mass is 412 g/mol. The van der Waals surface area contributed by atoms with Crippen molar-refractivity contribution in [2.75, 3.05) is 19.0 Å². The minimum atomic E-state index is -0.617. The van der Waals surface area contributed by atoms with Crippen LogP contribution in [0.25, 0.3) is 0 Å². The molecule has 126 valence electrons. The minimum Gasteiger partial charge on any atom is -0.483 e. The van der Waals surface area contributed by atoms with Crippen molar-refractivity contribution < 1.29 is 23.9 Å². The maximum Gasteiger partial charge on any atom is 0.337 e. The molecule has 1 aromatic carbocycles. The van der Waals surface area contributed by atoms with Crippen LogP contribution in [0.1, 0.15) is 20.7 Å². The Kier molecular flexibility index (Phi) is 5.93. The molecule has 2 aromatic rings. The summed E-state index contributed by atoms with van der Waals surface area (Å²) in [5, 5.41) is 4.59. The van der Waals surface area contributed by atoms with Crippen LogP contribution < -0.4 is 15.8 Å². The lowest BCUT2D eigenvalue weighted by Crippen LogP contribution is -2.22. The molecule has 0 aliphatic rings. The Morgan fingerprint density at radius 1 is 1.29 bits per heavy atom. The lowest BCUT2D eigenvalue weighted by molar-refractivity contribution is -0.118. The molecule has 2 rings (SSSR count). The zero-order valence-electron chi connectivity index (χ0n) is 12.5. The Hall–Kier alpha value is -2.39. The molecule has 2 amide bonds. The standard InChI is InChI=1S/C15H13BrN2O5S/c1-22-15(21)8-2-3-11(10(16)6-8)23-7-12(19)18-14-9(13(17)20)4-5-24-14/h2-6H,7H2,1H3,(H2,17,20)(H,18,19). The van der Waals surface area contributed by atoms with Crippen molar-refractivity contribution in [3.63, 3.8) is 0 Å². The normalized spacial score (nSPS) is 10.1. The van der Waals surface area contributed by atoms with Crippen LogP contribution in [0.4, 0.5) is 5.00 Å². The number of amides is 2. The van der Waals surface area contributed by atoms with E-state index in [-0.39, 0.29) is 12.2 Å². The summed E-state index contributed by atoms with van der Waals surface area (Å²) in [6.45, 7) is -0.272. The summed E-state index contributed by atoms with van der Waals surface area (Å²) in [5.41, 5.74) is 5.81.